The van der Waals surface area contributed by atoms with E-state index in [9.17, 15) is 9.59 Å². The predicted octanol–water partition coefficient (Wildman–Crippen LogP) is 0.373. The lowest BCUT2D eigenvalue weighted by molar-refractivity contribution is -0.132. The Kier molecular flexibility index (Phi) is 7.84. The highest BCUT2D eigenvalue weighted by atomic mass is 35.5. The zero-order chi connectivity index (χ0) is 15.1. The highest BCUT2D eigenvalue weighted by Crippen LogP contribution is 2.04. The van der Waals surface area contributed by atoms with Crippen LogP contribution in [0.15, 0.2) is 24.4 Å². The summed E-state index contributed by atoms with van der Waals surface area (Å²) < 4.78 is 0. The first-order valence-electron chi connectivity index (χ1n) is 7.32. The van der Waals surface area contributed by atoms with Gasteiger partial charge in [0.15, 0.2) is 0 Å². The van der Waals surface area contributed by atoms with Crippen molar-refractivity contribution in [2.75, 3.05) is 26.7 Å². The van der Waals surface area contributed by atoms with Crippen LogP contribution in [0.4, 0.5) is 0 Å². The molecule has 0 saturated carbocycles. The number of aromatic nitrogens is 1. The maximum absolute atomic E-state index is 12.0. The lowest BCUT2D eigenvalue weighted by Crippen LogP contribution is -2.45. The summed E-state index contributed by atoms with van der Waals surface area (Å²) in [5.74, 6) is -0.170. The van der Waals surface area contributed by atoms with E-state index < -0.39 is 0 Å². The van der Waals surface area contributed by atoms with Crippen molar-refractivity contribution in [3.05, 3.63) is 30.1 Å². The molecule has 1 aliphatic heterocycles. The molecule has 0 radical (unpaired) electrons. The molecule has 2 amide bonds. The maximum atomic E-state index is 12.0. The van der Waals surface area contributed by atoms with Crippen LogP contribution in [0.1, 0.15) is 18.5 Å². The molecule has 1 atom stereocenters. The Morgan fingerprint density at radius 3 is 2.91 bits per heavy atom. The summed E-state index contributed by atoms with van der Waals surface area (Å²) in [6, 6.07) is 5.59. The van der Waals surface area contributed by atoms with Crippen LogP contribution in [0.25, 0.3) is 0 Å². The van der Waals surface area contributed by atoms with E-state index in [0.717, 1.165) is 25.1 Å². The van der Waals surface area contributed by atoms with Crippen molar-refractivity contribution in [2.45, 2.75) is 25.3 Å². The van der Waals surface area contributed by atoms with E-state index in [0.29, 0.717) is 13.0 Å². The van der Waals surface area contributed by atoms with Gasteiger partial charge in [0.2, 0.25) is 11.8 Å². The van der Waals surface area contributed by atoms with Crippen molar-refractivity contribution in [3.63, 3.8) is 0 Å². The largest absolute Gasteiger partial charge is 0.346 e. The van der Waals surface area contributed by atoms with Gasteiger partial charge >= 0.3 is 0 Å². The topological polar surface area (TPSA) is 74.3 Å². The summed E-state index contributed by atoms with van der Waals surface area (Å²) in [6.07, 6.45) is 4.30. The Bertz CT molecular complexity index is 478. The number of hydrogen-bond acceptors (Lipinski definition) is 4. The van der Waals surface area contributed by atoms with Gasteiger partial charge in [0.25, 0.3) is 0 Å². The number of nitrogens with one attached hydrogen (secondary N) is 2. The third kappa shape index (κ3) is 5.61. The fourth-order valence-corrected chi connectivity index (χ4v) is 2.28. The van der Waals surface area contributed by atoms with Gasteiger partial charge < -0.3 is 15.5 Å². The molecule has 1 aromatic heterocycles. The van der Waals surface area contributed by atoms with Crippen molar-refractivity contribution >= 4 is 24.2 Å². The number of likely N-dealkylation sites (N-methyl/N-ethyl adjacent to an activating group) is 1. The van der Waals surface area contributed by atoms with Crippen LogP contribution in [0, 0.1) is 0 Å². The molecule has 1 aliphatic rings. The molecular formula is C15H23ClN4O2. The third-order valence-corrected chi connectivity index (χ3v) is 3.65. The van der Waals surface area contributed by atoms with E-state index in [2.05, 4.69) is 15.6 Å². The van der Waals surface area contributed by atoms with Crippen LogP contribution in [-0.4, -0.2) is 54.4 Å². The van der Waals surface area contributed by atoms with Crippen LogP contribution in [0.3, 0.4) is 0 Å². The van der Waals surface area contributed by atoms with Gasteiger partial charge in [0.1, 0.15) is 0 Å². The standard InChI is InChI=1S/C15H22N4O2.ClH/c1-19(10-7-12-5-2-3-8-16-12)14(20)11-18-15(21)13-6-4-9-17-13;/h2-3,5,8,13,17H,4,6-7,9-11H2,1H3,(H,18,21);1H. The van der Waals surface area contributed by atoms with Crippen LogP contribution in [-0.2, 0) is 16.0 Å². The molecule has 0 aliphatic carbocycles. The van der Waals surface area contributed by atoms with Crippen LogP contribution < -0.4 is 10.6 Å². The lowest BCUT2D eigenvalue weighted by atomic mass is 10.2. The van der Waals surface area contributed by atoms with Crippen LogP contribution in [0.5, 0.6) is 0 Å². The number of amides is 2. The van der Waals surface area contributed by atoms with E-state index in [1.54, 1.807) is 18.1 Å². The summed E-state index contributed by atoms with van der Waals surface area (Å²) in [5, 5.41) is 5.81. The SMILES string of the molecule is CN(CCc1ccccn1)C(=O)CNC(=O)C1CCCN1.Cl. The Labute approximate surface area is 137 Å². The number of pyridine rings is 1. The number of carbonyl (C=O) groups excluding carboxylic acids is 2. The monoisotopic (exact) mass is 326 g/mol. The predicted molar refractivity (Wildman–Crippen MR) is 86.9 cm³/mol. The molecule has 1 saturated heterocycles. The summed E-state index contributed by atoms with van der Waals surface area (Å²) in [6.45, 7) is 1.51. The fraction of sp³-hybridized carbons (Fsp3) is 0.533. The molecule has 2 rings (SSSR count). The Balaban J connectivity index is 0.00000242. The van der Waals surface area contributed by atoms with Crippen molar-refractivity contribution in [2.24, 2.45) is 0 Å². The van der Waals surface area contributed by atoms with E-state index in [4.69, 9.17) is 0 Å². The quantitative estimate of drug-likeness (QED) is 0.792. The molecular weight excluding hydrogens is 304 g/mol. The molecule has 122 valence electrons. The van der Waals surface area contributed by atoms with Crippen molar-refractivity contribution < 1.29 is 9.59 Å². The molecule has 0 bridgehead atoms. The average Bonchev–Trinajstić information content (AvgIpc) is 3.05. The average molecular weight is 327 g/mol. The minimum absolute atomic E-state index is 0. The van der Waals surface area contributed by atoms with Gasteiger partial charge in [0.05, 0.1) is 12.6 Å². The number of nitrogens with zero attached hydrogens (tertiary/aromatic N) is 2. The summed E-state index contributed by atoms with van der Waals surface area (Å²) in [4.78, 5) is 29.6. The Hall–Kier alpha value is -1.66. The zero-order valence-corrected chi connectivity index (χ0v) is 13.6. The summed E-state index contributed by atoms with van der Waals surface area (Å²) >= 11 is 0. The summed E-state index contributed by atoms with van der Waals surface area (Å²) in [7, 11) is 1.74. The molecule has 7 heteroatoms. The second-order valence-corrected chi connectivity index (χ2v) is 5.25. The van der Waals surface area contributed by atoms with E-state index >= 15 is 0 Å². The van der Waals surface area contributed by atoms with E-state index in [-0.39, 0.29) is 36.8 Å². The molecule has 22 heavy (non-hydrogen) atoms. The van der Waals surface area contributed by atoms with Crippen LogP contribution in [0.2, 0.25) is 0 Å². The van der Waals surface area contributed by atoms with Crippen molar-refractivity contribution in [1.29, 1.82) is 0 Å². The first kappa shape index (κ1) is 18.4. The normalized spacial score (nSPS) is 16.7. The van der Waals surface area contributed by atoms with Gasteiger partial charge in [-0.3, -0.25) is 14.6 Å². The number of hydrogen-bond donors (Lipinski definition) is 2. The Morgan fingerprint density at radius 1 is 1.45 bits per heavy atom. The minimum atomic E-state index is -0.142. The van der Waals surface area contributed by atoms with Crippen LogP contribution >= 0.6 is 12.4 Å². The van der Waals surface area contributed by atoms with Gasteiger partial charge in [-0.05, 0) is 31.5 Å². The first-order valence-corrected chi connectivity index (χ1v) is 7.32. The highest BCUT2D eigenvalue weighted by Gasteiger charge is 2.22. The van der Waals surface area contributed by atoms with E-state index in [1.807, 2.05) is 18.2 Å². The molecule has 1 aromatic rings. The lowest BCUT2D eigenvalue weighted by Gasteiger charge is -2.18. The summed E-state index contributed by atoms with van der Waals surface area (Å²) in [5.41, 5.74) is 0.955. The Morgan fingerprint density at radius 2 is 2.27 bits per heavy atom. The van der Waals surface area contributed by atoms with Crippen molar-refractivity contribution in [3.8, 4) is 0 Å². The minimum Gasteiger partial charge on any atom is -0.346 e. The van der Waals surface area contributed by atoms with Crippen molar-refractivity contribution in [1.82, 2.24) is 20.5 Å². The maximum Gasteiger partial charge on any atom is 0.241 e. The fourth-order valence-electron chi connectivity index (χ4n) is 2.28. The molecule has 2 N–H and O–H groups in total. The first-order chi connectivity index (χ1) is 10.2. The number of rotatable bonds is 6. The molecule has 1 fully saturated rings. The second-order valence-electron chi connectivity index (χ2n) is 5.25. The van der Waals surface area contributed by atoms with Gasteiger partial charge in [-0.1, -0.05) is 6.07 Å². The molecule has 0 spiro atoms. The zero-order valence-electron chi connectivity index (χ0n) is 12.7. The molecule has 1 unspecified atom stereocenters. The highest BCUT2D eigenvalue weighted by molar-refractivity contribution is 5.87. The molecule has 2 heterocycles. The third-order valence-electron chi connectivity index (χ3n) is 3.65. The van der Waals surface area contributed by atoms with Gasteiger partial charge in [-0.15, -0.1) is 12.4 Å². The number of carbonyl (C=O) groups is 2. The molecule has 0 aromatic carbocycles. The molecule has 6 nitrogen and oxygen atoms in total. The van der Waals surface area contributed by atoms with Gasteiger partial charge in [-0.2, -0.15) is 0 Å². The van der Waals surface area contributed by atoms with Gasteiger partial charge in [-0.25, -0.2) is 0 Å². The second kappa shape index (κ2) is 9.38. The number of halogens is 1. The smallest absolute Gasteiger partial charge is 0.241 e. The van der Waals surface area contributed by atoms with E-state index in [1.165, 1.54) is 0 Å². The van der Waals surface area contributed by atoms with Gasteiger partial charge in [0, 0.05) is 31.9 Å².